The zero-order chi connectivity index (χ0) is 19.5. The molecule has 146 valence electrons. The van der Waals surface area contributed by atoms with Crippen LogP contribution in [0.15, 0.2) is 4.42 Å². The quantitative estimate of drug-likeness (QED) is 0.672. The summed E-state index contributed by atoms with van der Waals surface area (Å²) < 4.78 is 15.1. The van der Waals surface area contributed by atoms with Crippen molar-refractivity contribution in [2.45, 2.75) is 71.8 Å². The van der Waals surface area contributed by atoms with Gasteiger partial charge in [0.15, 0.2) is 6.10 Å². The van der Waals surface area contributed by atoms with Gasteiger partial charge in [-0.05, 0) is 34.1 Å². The standard InChI is InChI=1S/C12H21N3O5.C4H10O/c1-7(13-11(17)20-12(2,3)4)9(16)10-15-14-8(19-10)6-18-5;1-2-3-4-5/h7,9,16H,6H2,1-5H3,(H,13,17);5H,2-4H2,1H3. The largest absolute Gasteiger partial charge is 0.444 e. The van der Waals surface area contributed by atoms with Gasteiger partial charge in [0, 0.05) is 13.7 Å². The number of unbranched alkanes of at least 4 members (excludes halogenated alkanes) is 1. The average molecular weight is 361 g/mol. The summed E-state index contributed by atoms with van der Waals surface area (Å²) in [6.07, 6.45) is 0.289. The molecule has 0 fully saturated rings. The molecule has 9 heteroatoms. The molecule has 0 radical (unpaired) electrons. The summed E-state index contributed by atoms with van der Waals surface area (Å²) >= 11 is 0. The topological polar surface area (TPSA) is 127 Å². The number of carbonyl (C=O) groups is 1. The maximum absolute atomic E-state index is 11.6. The third-order valence-electron chi connectivity index (χ3n) is 2.73. The Hall–Kier alpha value is -1.71. The molecule has 1 aromatic heterocycles. The second-order valence-corrected chi connectivity index (χ2v) is 6.42. The highest BCUT2D eigenvalue weighted by Gasteiger charge is 2.26. The predicted octanol–water partition coefficient (Wildman–Crippen LogP) is 1.94. The van der Waals surface area contributed by atoms with Crippen molar-refractivity contribution in [1.29, 1.82) is 0 Å². The van der Waals surface area contributed by atoms with Gasteiger partial charge in [-0.15, -0.1) is 10.2 Å². The molecule has 25 heavy (non-hydrogen) atoms. The molecule has 0 saturated heterocycles. The van der Waals surface area contributed by atoms with Gasteiger partial charge in [0.25, 0.3) is 0 Å². The fourth-order valence-corrected chi connectivity index (χ4v) is 1.51. The number of hydrogen-bond donors (Lipinski definition) is 3. The van der Waals surface area contributed by atoms with E-state index in [1.165, 1.54) is 7.11 Å². The fourth-order valence-electron chi connectivity index (χ4n) is 1.51. The normalized spacial score (nSPS) is 13.4. The molecule has 2 unspecified atom stereocenters. The summed E-state index contributed by atoms with van der Waals surface area (Å²) in [6, 6.07) is -0.638. The zero-order valence-corrected chi connectivity index (χ0v) is 15.9. The van der Waals surface area contributed by atoms with Crippen molar-refractivity contribution < 1.29 is 28.9 Å². The summed E-state index contributed by atoms with van der Waals surface area (Å²) in [5.74, 6) is 0.270. The van der Waals surface area contributed by atoms with Crippen LogP contribution in [-0.4, -0.2) is 51.9 Å². The smallest absolute Gasteiger partial charge is 0.407 e. The van der Waals surface area contributed by atoms with Crippen molar-refractivity contribution in [3.05, 3.63) is 11.8 Å². The monoisotopic (exact) mass is 361 g/mol. The maximum Gasteiger partial charge on any atom is 0.407 e. The van der Waals surface area contributed by atoms with Crippen LogP contribution in [0.5, 0.6) is 0 Å². The predicted molar refractivity (Wildman–Crippen MR) is 90.8 cm³/mol. The van der Waals surface area contributed by atoms with Crippen molar-refractivity contribution in [1.82, 2.24) is 15.5 Å². The Morgan fingerprint density at radius 1 is 1.36 bits per heavy atom. The summed E-state index contributed by atoms with van der Waals surface area (Å²) in [7, 11) is 1.49. The molecule has 0 bridgehead atoms. The zero-order valence-electron chi connectivity index (χ0n) is 15.9. The van der Waals surface area contributed by atoms with Crippen LogP contribution in [-0.2, 0) is 16.1 Å². The Bertz CT molecular complexity index is 484. The number of rotatable bonds is 7. The van der Waals surface area contributed by atoms with Crippen LogP contribution in [0.2, 0.25) is 0 Å². The van der Waals surface area contributed by atoms with Gasteiger partial charge in [0.1, 0.15) is 12.2 Å². The van der Waals surface area contributed by atoms with Gasteiger partial charge in [0.05, 0.1) is 6.04 Å². The van der Waals surface area contributed by atoms with Gasteiger partial charge in [-0.1, -0.05) is 13.3 Å². The van der Waals surface area contributed by atoms with Crippen molar-refractivity contribution in [3.8, 4) is 0 Å². The molecule has 0 aromatic carbocycles. The summed E-state index contributed by atoms with van der Waals surface area (Å²) in [4.78, 5) is 11.6. The molecule has 1 amide bonds. The highest BCUT2D eigenvalue weighted by Crippen LogP contribution is 2.16. The summed E-state index contributed by atoms with van der Waals surface area (Å²) in [5, 5.41) is 28.0. The molecule has 1 rings (SSSR count). The van der Waals surface area contributed by atoms with Gasteiger partial charge in [-0.25, -0.2) is 4.79 Å². The first-order valence-corrected chi connectivity index (χ1v) is 8.24. The maximum atomic E-state index is 11.6. The first-order valence-electron chi connectivity index (χ1n) is 8.24. The van der Waals surface area contributed by atoms with Gasteiger partial charge >= 0.3 is 6.09 Å². The van der Waals surface area contributed by atoms with Crippen molar-refractivity contribution in [2.75, 3.05) is 13.7 Å². The highest BCUT2D eigenvalue weighted by atomic mass is 16.6. The lowest BCUT2D eigenvalue weighted by Crippen LogP contribution is -2.40. The van der Waals surface area contributed by atoms with E-state index < -0.39 is 23.8 Å². The number of hydrogen-bond acceptors (Lipinski definition) is 8. The number of carbonyl (C=O) groups excluding carboxylic acids is 1. The Balaban J connectivity index is 0.00000101. The molecule has 1 heterocycles. The molecule has 0 saturated carbocycles. The van der Waals surface area contributed by atoms with Crippen molar-refractivity contribution >= 4 is 6.09 Å². The van der Waals surface area contributed by atoms with Crippen LogP contribution in [0, 0.1) is 0 Å². The van der Waals surface area contributed by atoms with E-state index in [2.05, 4.69) is 22.4 Å². The van der Waals surface area contributed by atoms with E-state index in [1.54, 1.807) is 27.7 Å². The van der Waals surface area contributed by atoms with Crippen LogP contribution in [0.3, 0.4) is 0 Å². The number of aliphatic hydroxyl groups excluding tert-OH is 2. The number of nitrogens with one attached hydrogen (secondary N) is 1. The number of aliphatic hydroxyl groups is 2. The fraction of sp³-hybridized carbons (Fsp3) is 0.812. The number of ether oxygens (including phenoxy) is 2. The third-order valence-corrected chi connectivity index (χ3v) is 2.73. The Labute approximate surface area is 148 Å². The van der Waals surface area contributed by atoms with E-state index in [0.29, 0.717) is 6.61 Å². The van der Waals surface area contributed by atoms with E-state index in [9.17, 15) is 9.90 Å². The lowest BCUT2D eigenvalue weighted by atomic mass is 10.2. The minimum absolute atomic E-state index is 0.0145. The van der Waals surface area contributed by atoms with E-state index in [4.69, 9.17) is 19.0 Å². The second kappa shape index (κ2) is 11.8. The molecule has 0 spiro atoms. The SMILES string of the molecule is CCCCO.COCc1nnc(C(O)C(C)NC(=O)OC(C)(C)C)o1. The molecular weight excluding hydrogens is 330 g/mol. The second-order valence-electron chi connectivity index (χ2n) is 6.42. The number of aromatic nitrogens is 2. The summed E-state index contributed by atoms with van der Waals surface area (Å²) in [6.45, 7) is 9.42. The average Bonchev–Trinajstić information content (AvgIpc) is 2.95. The lowest BCUT2D eigenvalue weighted by Gasteiger charge is -2.23. The van der Waals surface area contributed by atoms with Crippen LogP contribution in [0.1, 0.15) is 65.3 Å². The molecule has 2 atom stereocenters. The van der Waals surface area contributed by atoms with Gasteiger partial charge in [0.2, 0.25) is 11.8 Å². The minimum atomic E-state index is -1.12. The van der Waals surface area contributed by atoms with Crippen LogP contribution < -0.4 is 5.32 Å². The Morgan fingerprint density at radius 2 is 2.00 bits per heavy atom. The van der Waals surface area contributed by atoms with E-state index in [0.717, 1.165) is 12.8 Å². The highest BCUT2D eigenvalue weighted by molar-refractivity contribution is 5.68. The Kier molecular flexibility index (Phi) is 11.0. The lowest BCUT2D eigenvalue weighted by molar-refractivity contribution is 0.0403. The number of alkyl carbamates (subject to hydrolysis) is 1. The van der Waals surface area contributed by atoms with Crippen LogP contribution in [0.4, 0.5) is 4.79 Å². The minimum Gasteiger partial charge on any atom is -0.444 e. The van der Waals surface area contributed by atoms with Crippen LogP contribution >= 0.6 is 0 Å². The molecule has 0 aliphatic heterocycles. The number of amides is 1. The van der Waals surface area contributed by atoms with E-state index in [-0.39, 0.29) is 18.4 Å². The molecule has 1 aromatic rings. The van der Waals surface area contributed by atoms with E-state index in [1.807, 2.05) is 0 Å². The molecule has 0 aliphatic rings. The number of methoxy groups -OCH3 is 1. The first kappa shape index (κ1) is 23.3. The summed E-state index contributed by atoms with van der Waals surface area (Å²) in [5.41, 5.74) is -0.606. The molecule has 3 N–H and O–H groups in total. The Morgan fingerprint density at radius 3 is 2.44 bits per heavy atom. The van der Waals surface area contributed by atoms with Gasteiger partial charge in [-0.2, -0.15) is 0 Å². The van der Waals surface area contributed by atoms with Gasteiger partial charge < -0.3 is 29.4 Å². The van der Waals surface area contributed by atoms with Crippen LogP contribution in [0.25, 0.3) is 0 Å². The molecule has 0 aliphatic carbocycles. The molecular formula is C16H31N3O6. The number of nitrogens with zero attached hydrogens (tertiary/aromatic N) is 2. The van der Waals surface area contributed by atoms with Gasteiger partial charge in [-0.3, -0.25) is 0 Å². The first-order chi connectivity index (χ1) is 11.6. The van der Waals surface area contributed by atoms with Crippen molar-refractivity contribution in [3.63, 3.8) is 0 Å². The third kappa shape index (κ3) is 10.7. The van der Waals surface area contributed by atoms with E-state index >= 15 is 0 Å². The van der Waals surface area contributed by atoms with Crippen molar-refractivity contribution in [2.24, 2.45) is 0 Å². The molecule has 9 nitrogen and oxygen atoms in total.